The third kappa shape index (κ3) is 3.90. The number of benzene rings is 2. The van der Waals surface area contributed by atoms with Crippen molar-refractivity contribution < 1.29 is 19.1 Å². The van der Waals surface area contributed by atoms with Gasteiger partial charge in [0.1, 0.15) is 17.2 Å². The summed E-state index contributed by atoms with van der Waals surface area (Å²) in [5.74, 6) is 0.622. The van der Waals surface area contributed by atoms with Gasteiger partial charge in [0.2, 0.25) is 0 Å². The molecule has 0 spiro atoms. The van der Waals surface area contributed by atoms with E-state index in [2.05, 4.69) is 4.90 Å². The summed E-state index contributed by atoms with van der Waals surface area (Å²) in [7, 11) is 1.55. The molecule has 0 saturated carbocycles. The normalized spacial score (nSPS) is 16.9. The van der Waals surface area contributed by atoms with E-state index in [0.717, 1.165) is 49.2 Å². The van der Waals surface area contributed by atoms with Crippen molar-refractivity contribution >= 4 is 23.1 Å². The van der Waals surface area contributed by atoms with Crippen LogP contribution >= 0.6 is 0 Å². The van der Waals surface area contributed by atoms with Crippen molar-refractivity contribution in [2.24, 2.45) is 0 Å². The number of ether oxygens (including phenoxy) is 2. The monoisotopic (exact) mass is 420 g/mol. The molecule has 0 N–H and O–H groups in total. The molecule has 2 amide bonds. The first kappa shape index (κ1) is 21.0. The number of imide groups is 1. The maximum atomic E-state index is 13.7. The predicted molar refractivity (Wildman–Crippen MR) is 120 cm³/mol. The average Bonchev–Trinajstić information content (AvgIpc) is 3.05. The number of methoxy groups -OCH3 is 1. The second-order valence-corrected chi connectivity index (χ2v) is 7.85. The fourth-order valence-electron chi connectivity index (χ4n) is 4.27. The third-order valence-electron chi connectivity index (χ3n) is 5.76. The molecule has 2 heterocycles. The van der Waals surface area contributed by atoms with E-state index in [-0.39, 0.29) is 11.8 Å². The first-order chi connectivity index (χ1) is 15.0. The van der Waals surface area contributed by atoms with Gasteiger partial charge in [-0.15, -0.1) is 0 Å². The lowest BCUT2D eigenvalue weighted by Gasteiger charge is -2.29. The van der Waals surface area contributed by atoms with Crippen LogP contribution in [0.25, 0.3) is 5.57 Å². The molecule has 6 nitrogen and oxygen atoms in total. The standard InChI is InChI=1S/C25H28N2O4/c1-4-31-19-11-9-18(10-12-19)22-23(26-14-6-5-7-15-26)25(29)27(24(22)28)20-16-17(2)8-13-21(20)30-3/h8-13,16H,4-7,14-15H2,1-3H3. The lowest BCUT2D eigenvalue weighted by molar-refractivity contribution is -0.120. The molecule has 31 heavy (non-hydrogen) atoms. The molecule has 0 atom stereocenters. The van der Waals surface area contributed by atoms with E-state index in [0.29, 0.717) is 29.3 Å². The Bertz CT molecular complexity index is 1020. The maximum absolute atomic E-state index is 13.7. The molecule has 0 aromatic heterocycles. The lowest BCUT2D eigenvalue weighted by atomic mass is 10.0. The summed E-state index contributed by atoms with van der Waals surface area (Å²) in [6.07, 6.45) is 3.16. The molecule has 2 aliphatic heterocycles. The van der Waals surface area contributed by atoms with Crippen LogP contribution in [0.15, 0.2) is 48.2 Å². The van der Waals surface area contributed by atoms with Gasteiger partial charge in [0.05, 0.1) is 25.0 Å². The van der Waals surface area contributed by atoms with Crippen LogP contribution in [0.3, 0.4) is 0 Å². The van der Waals surface area contributed by atoms with E-state index in [9.17, 15) is 9.59 Å². The Kier molecular flexibility index (Phi) is 5.98. The molecule has 1 fully saturated rings. The smallest absolute Gasteiger partial charge is 0.282 e. The Balaban J connectivity index is 1.82. The van der Waals surface area contributed by atoms with Gasteiger partial charge >= 0.3 is 0 Å². The summed E-state index contributed by atoms with van der Waals surface area (Å²) in [5, 5.41) is 0. The SMILES string of the molecule is CCOc1ccc(C2=C(N3CCCCC3)C(=O)N(c3cc(C)ccc3OC)C2=O)cc1. The molecular formula is C25H28N2O4. The van der Waals surface area contributed by atoms with Crippen LogP contribution in [-0.2, 0) is 9.59 Å². The number of aryl methyl sites for hydroxylation is 1. The van der Waals surface area contributed by atoms with Crippen molar-refractivity contribution in [1.82, 2.24) is 4.90 Å². The molecule has 0 radical (unpaired) electrons. The van der Waals surface area contributed by atoms with E-state index in [1.165, 1.54) is 4.90 Å². The Morgan fingerprint density at radius 1 is 0.935 bits per heavy atom. The quantitative estimate of drug-likeness (QED) is 0.657. The van der Waals surface area contributed by atoms with Crippen molar-refractivity contribution in [3.8, 4) is 11.5 Å². The molecular weight excluding hydrogens is 392 g/mol. The Hall–Kier alpha value is -3.28. The Labute approximate surface area is 183 Å². The number of hydrogen-bond donors (Lipinski definition) is 0. The van der Waals surface area contributed by atoms with Crippen LogP contribution in [0.2, 0.25) is 0 Å². The van der Waals surface area contributed by atoms with Crippen molar-refractivity contribution in [3.05, 3.63) is 59.3 Å². The summed E-state index contributed by atoms with van der Waals surface area (Å²) >= 11 is 0. The van der Waals surface area contributed by atoms with Crippen LogP contribution in [0, 0.1) is 6.92 Å². The van der Waals surface area contributed by atoms with Crippen LogP contribution in [0.1, 0.15) is 37.3 Å². The second kappa shape index (κ2) is 8.84. The number of piperidine rings is 1. The number of likely N-dealkylation sites (tertiary alicyclic amines) is 1. The van der Waals surface area contributed by atoms with E-state index in [4.69, 9.17) is 9.47 Å². The van der Waals surface area contributed by atoms with Gasteiger partial charge in [-0.3, -0.25) is 9.59 Å². The molecule has 1 saturated heterocycles. The zero-order valence-corrected chi connectivity index (χ0v) is 18.3. The molecule has 4 rings (SSSR count). The average molecular weight is 421 g/mol. The molecule has 6 heteroatoms. The first-order valence-corrected chi connectivity index (χ1v) is 10.8. The summed E-state index contributed by atoms with van der Waals surface area (Å²) < 4.78 is 11.0. The third-order valence-corrected chi connectivity index (χ3v) is 5.76. The number of amides is 2. The molecule has 162 valence electrons. The van der Waals surface area contributed by atoms with Gasteiger partial charge in [0.25, 0.3) is 11.8 Å². The van der Waals surface area contributed by atoms with Gasteiger partial charge in [0, 0.05) is 13.1 Å². The lowest BCUT2D eigenvalue weighted by Crippen LogP contribution is -2.37. The highest BCUT2D eigenvalue weighted by Gasteiger charge is 2.43. The fraction of sp³-hybridized carbons (Fsp3) is 0.360. The molecule has 2 aromatic rings. The number of nitrogens with zero attached hydrogens (tertiary/aromatic N) is 2. The van der Waals surface area contributed by atoms with Gasteiger partial charge in [-0.25, -0.2) is 4.90 Å². The number of carbonyl (C=O) groups excluding carboxylic acids is 2. The first-order valence-electron chi connectivity index (χ1n) is 10.8. The number of rotatable bonds is 6. The summed E-state index contributed by atoms with van der Waals surface area (Å²) in [6, 6.07) is 12.9. The van der Waals surface area contributed by atoms with Crippen LogP contribution in [-0.4, -0.2) is 43.5 Å². The summed E-state index contributed by atoms with van der Waals surface area (Å²) in [5.41, 5.74) is 3.07. The van der Waals surface area contributed by atoms with Gasteiger partial charge in [-0.2, -0.15) is 0 Å². The van der Waals surface area contributed by atoms with Crippen molar-refractivity contribution in [2.45, 2.75) is 33.1 Å². The molecule has 0 aliphatic carbocycles. The van der Waals surface area contributed by atoms with E-state index in [1.54, 1.807) is 13.2 Å². The van der Waals surface area contributed by atoms with E-state index in [1.807, 2.05) is 50.2 Å². The zero-order valence-electron chi connectivity index (χ0n) is 18.3. The van der Waals surface area contributed by atoms with E-state index < -0.39 is 0 Å². The van der Waals surface area contributed by atoms with Gasteiger partial charge in [-0.05, 0) is 68.5 Å². The van der Waals surface area contributed by atoms with Crippen LogP contribution in [0.4, 0.5) is 5.69 Å². The van der Waals surface area contributed by atoms with Gasteiger partial charge in [-0.1, -0.05) is 18.2 Å². The highest BCUT2D eigenvalue weighted by atomic mass is 16.5. The largest absolute Gasteiger partial charge is 0.495 e. The van der Waals surface area contributed by atoms with Gasteiger partial charge in [0.15, 0.2) is 0 Å². The zero-order chi connectivity index (χ0) is 22.0. The van der Waals surface area contributed by atoms with Crippen LogP contribution in [0.5, 0.6) is 11.5 Å². The topological polar surface area (TPSA) is 59.1 Å². The minimum Gasteiger partial charge on any atom is -0.495 e. The van der Waals surface area contributed by atoms with Crippen LogP contribution < -0.4 is 14.4 Å². The molecule has 0 unspecified atom stereocenters. The van der Waals surface area contributed by atoms with Crippen molar-refractivity contribution in [2.75, 3.05) is 31.7 Å². The molecule has 2 aliphatic rings. The highest BCUT2D eigenvalue weighted by Crippen LogP contribution is 2.39. The summed E-state index contributed by atoms with van der Waals surface area (Å²) in [4.78, 5) is 30.7. The van der Waals surface area contributed by atoms with Crippen molar-refractivity contribution in [1.29, 1.82) is 0 Å². The second-order valence-electron chi connectivity index (χ2n) is 7.85. The minimum absolute atomic E-state index is 0.292. The van der Waals surface area contributed by atoms with Crippen molar-refractivity contribution in [3.63, 3.8) is 0 Å². The number of anilines is 1. The maximum Gasteiger partial charge on any atom is 0.282 e. The Morgan fingerprint density at radius 3 is 2.29 bits per heavy atom. The fourth-order valence-corrected chi connectivity index (χ4v) is 4.27. The molecule has 0 bridgehead atoms. The summed E-state index contributed by atoms with van der Waals surface area (Å²) in [6.45, 7) is 5.97. The Morgan fingerprint density at radius 2 is 1.65 bits per heavy atom. The molecule has 2 aromatic carbocycles. The van der Waals surface area contributed by atoms with Gasteiger partial charge < -0.3 is 14.4 Å². The number of hydrogen-bond acceptors (Lipinski definition) is 5. The number of carbonyl (C=O) groups is 2. The van der Waals surface area contributed by atoms with E-state index >= 15 is 0 Å². The highest BCUT2D eigenvalue weighted by molar-refractivity contribution is 6.45. The minimum atomic E-state index is -0.321. The predicted octanol–water partition coefficient (Wildman–Crippen LogP) is 4.17.